The average Bonchev–Trinajstić information content (AvgIpc) is 3.05. The van der Waals surface area contributed by atoms with Crippen LogP contribution in [0.1, 0.15) is 45.4 Å². The highest BCUT2D eigenvalue weighted by molar-refractivity contribution is 5.17. The van der Waals surface area contributed by atoms with Crippen LogP contribution in [0.25, 0.3) is 0 Å². The SMILES string of the molecule is CCCNC(C#N)(CN(C)C1CCC1)C1CC1. The van der Waals surface area contributed by atoms with E-state index in [0.717, 1.165) is 25.6 Å². The van der Waals surface area contributed by atoms with E-state index in [-0.39, 0.29) is 5.54 Å². The van der Waals surface area contributed by atoms with Crippen molar-refractivity contribution in [1.29, 1.82) is 5.26 Å². The minimum atomic E-state index is -0.277. The van der Waals surface area contributed by atoms with Crippen LogP contribution in [0.2, 0.25) is 0 Å². The van der Waals surface area contributed by atoms with E-state index in [2.05, 4.69) is 30.3 Å². The van der Waals surface area contributed by atoms with Crippen molar-refractivity contribution < 1.29 is 0 Å². The van der Waals surface area contributed by atoms with Crippen molar-refractivity contribution in [3.63, 3.8) is 0 Å². The number of nitrogens with zero attached hydrogens (tertiary/aromatic N) is 2. The van der Waals surface area contributed by atoms with Crippen LogP contribution in [-0.2, 0) is 0 Å². The Kier molecular flexibility index (Phi) is 4.06. The maximum absolute atomic E-state index is 9.60. The molecule has 96 valence electrons. The summed E-state index contributed by atoms with van der Waals surface area (Å²) in [4.78, 5) is 2.41. The molecule has 0 aliphatic heterocycles. The molecule has 0 radical (unpaired) electrons. The summed E-state index contributed by atoms with van der Waals surface area (Å²) in [7, 11) is 2.19. The van der Waals surface area contributed by atoms with Gasteiger partial charge in [0.25, 0.3) is 0 Å². The first-order chi connectivity index (χ1) is 8.22. The Morgan fingerprint density at radius 2 is 2.06 bits per heavy atom. The lowest BCUT2D eigenvalue weighted by atomic mass is 9.88. The Hall–Kier alpha value is -0.590. The fourth-order valence-electron chi connectivity index (χ4n) is 2.77. The normalized spacial score (nSPS) is 24.1. The Morgan fingerprint density at radius 3 is 2.47 bits per heavy atom. The molecule has 2 aliphatic rings. The van der Waals surface area contributed by atoms with Crippen molar-refractivity contribution in [2.45, 2.75) is 57.0 Å². The van der Waals surface area contributed by atoms with Gasteiger partial charge in [-0.3, -0.25) is 5.32 Å². The van der Waals surface area contributed by atoms with Gasteiger partial charge < -0.3 is 4.90 Å². The maximum Gasteiger partial charge on any atom is 0.122 e. The van der Waals surface area contributed by atoms with Crippen LogP contribution in [0.15, 0.2) is 0 Å². The molecule has 3 nitrogen and oxygen atoms in total. The average molecular weight is 235 g/mol. The number of likely N-dealkylation sites (N-methyl/N-ethyl adjacent to an activating group) is 1. The molecular formula is C14H25N3. The molecule has 3 heteroatoms. The molecule has 2 aliphatic carbocycles. The number of hydrogen-bond donors (Lipinski definition) is 1. The first kappa shape index (κ1) is 12.9. The summed E-state index contributed by atoms with van der Waals surface area (Å²) in [6.45, 7) is 4.03. The molecular weight excluding hydrogens is 210 g/mol. The molecule has 1 atom stereocenters. The molecule has 0 aromatic heterocycles. The van der Waals surface area contributed by atoms with Gasteiger partial charge in [-0.1, -0.05) is 13.3 Å². The number of hydrogen-bond acceptors (Lipinski definition) is 3. The van der Waals surface area contributed by atoms with E-state index >= 15 is 0 Å². The van der Waals surface area contributed by atoms with E-state index < -0.39 is 0 Å². The molecule has 0 aromatic carbocycles. The second-order valence-electron chi connectivity index (χ2n) is 5.78. The Labute approximate surface area is 105 Å². The lowest BCUT2D eigenvalue weighted by Crippen LogP contribution is -2.56. The van der Waals surface area contributed by atoms with E-state index in [1.807, 2.05) is 0 Å². The van der Waals surface area contributed by atoms with Gasteiger partial charge in [-0.2, -0.15) is 5.26 Å². The molecule has 0 heterocycles. The summed E-state index contributed by atoms with van der Waals surface area (Å²) < 4.78 is 0. The van der Waals surface area contributed by atoms with Gasteiger partial charge in [0.15, 0.2) is 0 Å². The fraction of sp³-hybridized carbons (Fsp3) is 0.929. The van der Waals surface area contributed by atoms with E-state index in [9.17, 15) is 5.26 Å². The molecule has 0 spiro atoms. The third kappa shape index (κ3) is 2.81. The lowest BCUT2D eigenvalue weighted by Gasteiger charge is -2.40. The molecule has 1 N–H and O–H groups in total. The Bertz CT molecular complexity index is 288. The smallest absolute Gasteiger partial charge is 0.122 e. The van der Waals surface area contributed by atoms with Crippen LogP contribution in [0.4, 0.5) is 0 Å². The first-order valence-corrected chi connectivity index (χ1v) is 7.08. The highest BCUT2D eigenvalue weighted by Crippen LogP contribution is 2.40. The van der Waals surface area contributed by atoms with E-state index in [1.165, 1.54) is 32.1 Å². The van der Waals surface area contributed by atoms with Gasteiger partial charge in [0.1, 0.15) is 5.54 Å². The summed E-state index contributed by atoms with van der Waals surface area (Å²) in [5.74, 6) is 0.585. The summed E-state index contributed by atoms with van der Waals surface area (Å²) in [6.07, 6.45) is 7.54. The van der Waals surface area contributed by atoms with E-state index in [0.29, 0.717) is 5.92 Å². The predicted molar refractivity (Wildman–Crippen MR) is 69.6 cm³/mol. The highest BCUT2D eigenvalue weighted by atomic mass is 15.2. The third-order valence-corrected chi connectivity index (χ3v) is 4.36. The molecule has 2 saturated carbocycles. The van der Waals surface area contributed by atoms with Crippen LogP contribution in [0.3, 0.4) is 0 Å². The van der Waals surface area contributed by atoms with Gasteiger partial charge in [0.2, 0.25) is 0 Å². The summed E-state index contributed by atoms with van der Waals surface area (Å²) in [6, 6.07) is 3.32. The van der Waals surface area contributed by atoms with Crippen molar-refractivity contribution in [3.05, 3.63) is 0 Å². The quantitative estimate of drug-likeness (QED) is 0.735. The third-order valence-electron chi connectivity index (χ3n) is 4.36. The van der Waals surface area contributed by atoms with Crippen LogP contribution < -0.4 is 5.32 Å². The second kappa shape index (κ2) is 5.37. The van der Waals surface area contributed by atoms with E-state index in [4.69, 9.17) is 0 Å². The molecule has 0 amide bonds. The molecule has 17 heavy (non-hydrogen) atoms. The Morgan fingerprint density at radius 1 is 1.35 bits per heavy atom. The van der Waals surface area contributed by atoms with Crippen molar-refractivity contribution in [1.82, 2.24) is 10.2 Å². The standard InChI is InChI=1S/C14H25N3/c1-3-9-16-14(10-15,12-7-8-12)11-17(2)13-5-4-6-13/h12-13,16H,3-9,11H2,1-2H3. The van der Waals surface area contributed by atoms with Gasteiger partial charge in [-0.15, -0.1) is 0 Å². The monoisotopic (exact) mass is 235 g/mol. The summed E-state index contributed by atoms with van der Waals surface area (Å²) >= 11 is 0. The zero-order chi connectivity index (χ0) is 12.3. The zero-order valence-corrected chi connectivity index (χ0v) is 11.2. The van der Waals surface area contributed by atoms with Crippen LogP contribution in [0, 0.1) is 17.2 Å². The minimum absolute atomic E-state index is 0.277. The first-order valence-electron chi connectivity index (χ1n) is 7.08. The number of rotatable bonds is 7. The van der Waals surface area contributed by atoms with Gasteiger partial charge >= 0.3 is 0 Å². The van der Waals surface area contributed by atoms with Crippen LogP contribution in [0.5, 0.6) is 0 Å². The maximum atomic E-state index is 9.60. The fourth-order valence-corrected chi connectivity index (χ4v) is 2.77. The molecule has 0 bridgehead atoms. The highest BCUT2D eigenvalue weighted by Gasteiger charge is 2.46. The zero-order valence-electron chi connectivity index (χ0n) is 11.2. The van der Waals surface area contributed by atoms with Crippen molar-refractivity contribution >= 4 is 0 Å². The summed E-state index contributed by atoms with van der Waals surface area (Å²) in [5.41, 5.74) is -0.277. The predicted octanol–water partition coefficient (Wildman–Crippen LogP) is 2.14. The topological polar surface area (TPSA) is 39.1 Å². The minimum Gasteiger partial charge on any atom is -0.301 e. The molecule has 1 unspecified atom stereocenters. The Balaban J connectivity index is 1.96. The van der Waals surface area contributed by atoms with Crippen LogP contribution >= 0.6 is 0 Å². The largest absolute Gasteiger partial charge is 0.301 e. The van der Waals surface area contributed by atoms with Gasteiger partial charge in [0, 0.05) is 12.6 Å². The molecule has 2 fully saturated rings. The molecule has 0 aromatic rings. The van der Waals surface area contributed by atoms with E-state index in [1.54, 1.807) is 0 Å². The van der Waals surface area contributed by atoms with Gasteiger partial charge in [-0.05, 0) is 51.6 Å². The lowest BCUT2D eigenvalue weighted by molar-refractivity contribution is 0.122. The van der Waals surface area contributed by atoms with Crippen LogP contribution in [-0.4, -0.2) is 36.6 Å². The van der Waals surface area contributed by atoms with Gasteiger partial charge in [-0.25, -0.2) is 0 Å². The van der Waals surface area contributed by atoms with Crippen molar-refractivity contribution in [2.75, 3.05) is 20.1 Å². The van der Waals surface area contributed by atoms with Crippen molar-refractivity contribution in [3.8, 4) is 6.07 Å². The molecule has 2 rings (SSSR count). The van der Waals surface area contributed by atoms with Crippen molar-refractivity contribution in [2.24, 2.45) is 5.92 Å². The second-order valence-corrected chi connectivity index (χ2v) is 5.78. The van der Waals surface area contributed by atoms with Gasteiger partial charge in [0.05, 0.1) is 6.07 Å². The number of nitriles is 1. The summed E-state index contributed by atoms with van der Waals surface area (Å²) in [5, 5.41) is 13.1. The molecule has 0 saturated heterocycles. The number of nitrogens with one attached hydrogen (secondary N) is 1.